The molecule has 0 unspecified atom stereocenters. The van der Waals surface area contributed by atoms with Crippen molar-refractivity contribution >= 4 is 23.5 Å². The molecule has 0 spiro atoms. The molecule has 1 aromatic carbocycles. The molecular formula is C14H20ClN5O. The second-order valence-corrected chi connectivity index (χ2v) is 5.63. The molecule has 0 fully saturated rings. The average Bonchev–Trinajstić information content (AvgIpc) is 2.38. The van der Waals surface area contributed by atoms with E-state index in [9.17, 15) is 0 Å². The lowest BCUT2D eigenvalue weighted by atomic mass is 10.2. The third-order valence-electron chi connectivity index (χ3n) is 2.73. The molecule has 114 valence electrons. The third-order valence-corrected chi connectivity index (χ3v) is 2.98. The summed E-state index contributed by atoms with van der Waals surface area (Å²) in [6.07, 6.45) is 0.799. The SMILES string of the molecule is CC1(C)N=C(N)NC(=NCCCOc2ccc(Cl)cc2)N1. The molecule has 0 radical (unpaired) electrons. The van der Waals surface area contributed by atoms with Crippen LogP contribution in [-0.2, 0) is 0 Å². The van der Waals surface area contributed by atoms with Gasteiger partial charge in [-0.1, -0.05) is 11.6 Å². The number of guanidine groups is 2. The number of hydrogen-bond acceptors (Lipinski definition) is 4. The molecule has 21 heavy (non-hydrogen) atoms. The molecule has 0 bridgehead atoms. The summed E-state index contributed by atoms with van der Waals surface area (Å²) in [6, 6.07) is 7.30. The maximum absolute atomic E-state index is 5.81. The molecule has 4 N–H and O–H groups in total. The van der Waals surface area contributed by atoms with E-state index in [2.05, 4.69) is 20.6 Å². The van der Waals surface area contributed by atoms with Crippen molar-refractivity contribution in [2.45, 2.75) is 25.9 Å². The van der Waals surface area contributed by atoms with E-state index < -0.39 is 5.66 Å². The van der Waals surface area contributed by atoms with Gasteiger partial charge in [-0.25, -0.2) is 4.99 Å². The van der Waals surface area contributed by atoms with Crippen LogP contribution in [0.1, 0.15) is 20.3 Å². The number of hydrogen-bond donors (Lipinski definition) is 3. The summed E-state index contributed by atoms with van der Waals surface area (Å²) in [5.41, 5.74) is 5.27. The van der Waals surface area contributed by atoms with E-state index in [1.54, 1.807) is 12.1 Å². The molecular weight excluding hydrogens is 290 g/mol. The molecule has 7 heteroatoms. The van der Waals surface area contributed by atoms with E-state index in [1.165, 1.54) is 0 Å². The van der Waals surface area contributed by atoms with Gasteiger partial charge in [-0.3, -0.25) is 10.3 Å². The van der Waals surface area contributed by atoms with Crippen LogP contribution in [0.2, 0.25) is 5.02 Å². The summed E-state index contributed by atoms with van der Waals surface area (Å²) < 4.78 is 5.60. The van der Waals surface area contributed by atoms with Crippen LogP contribution in [-0.4, -0.2) is 30.7 Å². The number of ether oxygens (including phenoxy) is 1. The topological polar surface area (TPSA) is 84.0 Å². The van der Waals surface area contributed by atoms with E-state index in [1.807, 2.05) is 26.0 Å². The lowest BCUT2D eigenvalue weighted by Crippen LogP contribution is -2.57. The predicted molar refractivity (Wildman–Crippen MR) is 85.8 cm³/mol. The monoisotopic (exact) mass is 309 g/mol. The lowest BCUT2D eigenvalue weighted by Gasteiger charge is -2.29. The van der Waals surface area contributed by atoms with Crippen molar-refractivity contribution in [2.75, 3.05) is 13.2 Å². The highest BCUT2D eigenvalue weighted by Gasteiger charge is 2.23. The van der Waals surface area contributed by atoms with E-state index in [-0.39, 0.29) is 0 Å². The minimum Gasteiger partial charge on any atom is -0.494 e. The first-order chi connectivity index (χ1) is 9.94. The zero-order chi connectivity index (χ0) is 15.3. The number of nitrogens with one attached hydrogen (secondary N) is 2. The molecule has 6 nitrogen and oxygen atoms in total. The number of rotatable bonds is 5. The first-order valence-electron chi connectivity index (χ1n) is 6.78. The minimum absolute atomic E-state index is 0.370. The Morgan fingerprint density at radius 1 is 1.33 bits per heavy atom. The van der Waals surface area contributed by atoms with Crippen LogP contribution in [0.15, 0.2) is 34.3 Å². The number of aliphatic imine (C=N–C) groups is 2. The first kappa shape index (κ1) is 15.4. The van der Waals surface area contributed by atoms with Gasteiger partial charge in [0.1, 0.15) is 11.4 Å². The Morgan fingerprint density at radius 2 is 2.05 bits per heavy atom. The number of benzene rings is 1. The number of halogens is 1. The van der Waals surface area contributed by atoms with Crippen molar-refractivity contribution in [3.05, 3.63) is 29.3 Å². The Kier molecular flexibility index (Phi) is 4.90. The quantitative estimate of drug-likeness (QED) is 0.723. The van der Waals surface area contributed by atoms with E-state index in [4.69, 9.17) is 22.1 Å². The van der Waals surface area contributed by atoms with Crippen molar-refractivity contribution in [3.63, 3.8) is 0 Å². The molecule has 0 atom stereocenters. The fourth-order valence-electron chi connectivity index (χ4n) is 1.85. The standard InChI is InChI=1S/C14H20ClN5O/c1-14(2)19-12(16)18-13(20-14)17-8-3-9-21-11-6-4-10(15)5-7-11/h4-7H,3,8-9H2,1-2H3,(H4,16,17,18,19,20). The minimum atomic E-state index is -0.437. The molecule has 0 saturated heterocycles. The summed E-state index contributed by atoms with van der Waals surface area (Å²) >= 11 is 5.81. The van der Waals surface area contributed by atoms with Crippen molar-refractivity contribution in [3.8, 4) is 5.75 Å². The van der Waals surface area contributed by atoms with E-state index >= 15 is 0 Å². The predicted octanol–water partition coefficient (Wildman–Crippen LogP) is 1.71. The highest BCUT2D eigenvalue weighted by atomic mass is 35.5. The van der Waals surface area contributed by atoms with Crippen molar-refractivity contribution < 1.29 is 4.74 Å². The Labute approximate surface area is 129 Å². The molecule has 1 aromatic rings. The molecule has 0 aromatic heterocycles. The summed E-state index contributed by atoms with van der Waals surface area (Å²) in [5.74, 6) is 1.81. The Balaban J connectivity index is 1.73. The second kappa shape index (κ2) is 6.67. The Morgan fingerprint density at radius 3 is 2.71 bits per heavy atom. The largest absolute Gasteiger partial charge is 0.494 e. The number of nitrogens with zero attached hydrogens (tertiary/aromatic N) is 2. The van der Waals surface area contributed by atoms with Crippen molar-refractivity contribution in [1.29, 1.82) is 0 Å². The lowest BCUT2D eigenvalue weighted by molar-refractivity contribution is 0.313. The first-order valence-corrected chi connectivity index (χ1v) is 7.16. The van der Waals surface area contributed by atoms with Gasteiger partial charge in [0.25, 0.3) is 0 Å². The van der Waals surface area contributed by atoms with Gasteiger partial charge in [-0.15, -0.1) is 0 Å². The molecule has 0 amide bonds. The maximum Gasteiger partial charge on any atom is 0.199 e. The Bertz CT molecular complexity index is 539. The van der Waals surface area contributed by atoms with Gasteiger partial charge in [0, 0.05) is 18.0 Å². The Hall–Kier alpha value is -1.95. The van der Waals surface area contributed by atoms with Crippen LogP contribution in [0, 0.1) is 0 Å². The highest BCUT2D eigenvalue weighted by Crippen LogP contribution is 2.15. The van der Waals surface area contributed by atoms with Gasteiger partial charge >= 0.3 is 0 Å². The molecule has 2 rings (SSSR count). The smallest absolute Gasteiger partial charge is 0.199 e. The van der Waals surface area contributed by atoms with Crippen LogP contribution in [0.4, 0.5) is 0 Å². The fourth-order valence-corrected chi connectivity index (χ4v) is 1.98. The highest BCUT2D eigenvalue weighted by molar-refractivity contribution is 6.30. The van der Waals surface area contributed by atoms with Gasteiger partial charge in [-0.05, 0) is 38.1 Å². The zero-order valence-electron chi connectivity index (χ0n) is 12.2. The molecule has 1 heterocycles. The summed E-state index contributed by atoms with van der Waals surface area (Å²) in [4.78, 5) is 8.62. The van der Waals surface area contributed by atoms with Crippen molar-refractivity contribution in [2.24, 2.45) is 15.7 Å². The zero-order valence-corrected chi connectivity index (χ0v) is 12.9. The van der Waals surface area contributed by atoms with E-state index in [0.717, 1.165) is 12.2 Å². The maximum atomic E-state index is 5.81. The fraction of sp³-hybridized carbons (Fsp3) is 0.429. The van der Waals surface area contributed by atoms with Crippen LogP contribution < -0.4 is 21.1 Å². The molecule has 0 aliphatic carbocycles. The molecule has 1 aliphatic rings. The summed E-state index contributed by atoms with van der Waals surface area (Å²) in [7, 11) is 0. The van der Waals surface area contributed by atoms with Gasteiger partial charge in [0.2, 0.25) is 0 Å². The van der Waals surface area contributed by atoms with Gasteiger partial charge in [0.15, 0.2) is 11.9 Å². The second-order valence-electron chi connectivity index (χ2n) is 5.19. The third kappa shape index (κ3) is 5.15. The summed E-state index contributed by atoms with van der Waals surface area (Å²) in [6.45, 7) is 5.08. The van der Waals surface area contributed by atoms with Crippen LogP contribution in [0.5, 0.6) is 5.75 Å². The van der Waals surface area contributed by atoms with Crippen LogP contribution in [0.25, 0.3) is 0 Å². The van der Waals surface area contributed by atoms with E-state index in [0.29, 0.717) is 30.1 Å². The number of nitrogens with two attached hydrogens (primary N) is 1. The van der Waals surface area contributed by atoms with Crippen LogP contribution >= 0.6 is 11.6 Å². The molecule has 0 saturated carbocycles. The summed E-state index contributed by atoms with van der Waals surface area (Å²) in [5, 5.41) is 6.75. The van der Waals surface area contributed by atoms with Gasteiger partial charge < -0.3 is 15.8 Å². The van der Waals surface area contributed by atoms with Gasteiger partial charge in [0.05, 0.1) is 6.61 Å². The van der Waals surface area contributed by atoms with Crippen LogP contribution in [0.3, 0.4) is 0 Å². The normalized spacial score (nSPS) is 18.6. The van der Waals surface area contributed by atoms with Crippen molar-refractivity contribution in [1.82, 2.24) is 10.6 Å². The molecule has 1 aliphatic heterocycles. The average molecular weight is 310 g/mol. The van der Waals surface area contributed by atoms with Gasteiger partial charge in [-0.2, -0.15) is 0 Å².